The average molecular weight is 227 g/mol. The molecule has 0 aliphatic carbocycles. The summed E-state index contributed by atoms with van der Waals surface area (Å²) >= 11 is 0. The number of rotatable bonds is 9. The van der Waals surface area contributed by atoms with Gasteiger partial charge in [-0.2, -0.15) is 0 Å². The molecule has 0 N–H and O–H groups in total. The van der Waals surface area contributed by atoms with Gasteiger partial charge in [-0.3, -0.25) is 4.79 Å². The van der Waals surface area contributed by atoms with Crippen LogP contribution in [-0.2, 0) is 4.79 Å². The number of carbonyl (C=O) groups is 1. The van der Waals surface area contributed by atoms with Crippen LogP contribution in [0.1, 0.15) is 72.6 Å². The monoisotopic (exact) mass is 227 g/mol. The molecule has 1 amide bonds. The van der Waals surface area contributed by atoms with Crippen molar-refractivity contribution < 1.29 is 4.79 Å². The maximum Gasteiger partial charge on any atom is 0.222 e. The Kier molecular flexibility index (Phi) is 9.36. The summed E-state index contributed by atoms with van der Waals surface area (Å²) in [4.78, 5) is 14.1. The lowest BCUT2D eigenvalue weighted by atomic mass is 10.1. The van der Waals surface area contributed by atoms with E-state index in [2.05, 4.69) is 32.6 Å². The third kappa shape index (κ3) is 6.14. The van der Waals surface area contributed by atoms with Gasteiger partial charge in [-0.05, 0) is 26.2 Å². The summed E-state index contributed by atoms with van der Waals surface area (Å²) in [6, 6.07) is 0.404. The topological polar surface area (TPSA) is 20.3 Å². The summed E-state index contributed by atoms with van der Waals surface area (Å²) in [5.74, 6) is 0.354. The van der Waals surface area contributed by atoms with Gasteiger partial charge in [0.1, 0.15) is 0 Å². The number of hydrogen-bond acceptors (Lipinski definition) is 1. The Morgan fingerprint density at radius 3 is 2.19 bits per heavy atom. The summed E-state index contributed by atoms with van der Waals surface area (Å²) in [5, 5.41) is 0. The molecule has 2 nitrogen and oxygen atoms in total. The van der Waals surface area contributed by atoms with Crippen LogP contribution < -0.4 is 0 Å². The second-order valence-corrected chi connectivity index (χ2v) is 4.66. The molecule has 0 fully saturated rings. The van der Waals surface area contributed by atoms with E-state index in [9.17, 15) is 4.79 Å². The number of nitrogens with zero attached hydrogens (tertiary/aromatic N) is 1. The highest BCUT2D eigenvalue weighted by Gasteiger charge is 2.17. The van der Waals surface area contributed by atoms with Crippen LogP contribution in [0.5, 0.6) is 0 Å². The lowest BCUT2D eigenvalue weighted by molar-refractivity contribution is -0.133. The molecule has 2 heteroatoms. The molecule has 0 aliphatic heterocycles. The van der Waals surface area contributed by atoms with Crippen molar-refractivity contribution in [3.8, 4) is 0 Å². The Morgan fingerprint density at radius 2 is 1.69 bits per heavy atom. The molecule has 0 saturated heterocycles. The van der Waals surface area contributed by atoms with E-state index in [0.29, 0.717) is 11.9 Å². The molecule has 0 rings (SSSR count). The molecule has 0 aliphatic rings. The highest BCUT2D eigenvalue weighted by molar-refractivity contribution is 5.76. The molecule has 0 spiro atoms. The summed E-state index contributed by atoms with van der Waals surface area (Å²) in [6.07, 6.45) is 7.52. The van der Waals surface area contributed by atoms with Crippen molar-refractivity contribution in [1.29, 1.82) is 0 Å². The Labute approximate surface area is 101 Å². The van der Waals surface area contributed by atoms with Crippen molar-refractivity contribution in [3.63, 3.8) is 0 Å². The molecular weight excluding hydrogens is 198 g/mol. The highest BCUT2D eigenvalue weighted by Crippen LogP contribution is 2.10. The van der Waals surface area contributed by atoms with Gasteiger partial charge >= 0.3 is 0 Å². The smallest absolute Gasteiger partial charge is 0.222 e. The maximum absolute atomic E-state index is 12.0. The first kappa shape index (κ1) is 15.5. The maximum atomic E-state index is 12.0. The van der Waals surface area contributed by atoms with Crippen LogP contribution in [0.2, 0.25) is 0 Å². The minimum atomic E-state index is 0.354. The van der Waals surface area contributed by atoms with E-state index in [1.807, 2.05) is 0 Å². The molecule has 16 heavy (non-hydrogen) atoms. The number of hydrogen-bond donors (Lipinski definition) is 0. The number of carbonyl (C=O) groups excluding carboxylic acids is 1. The van der Waals surface area contributed by atoms with E-state index < -0.39 is 0 Å². The third-order valence-electron chi connectivity index (χ3n) is 3.19. The predicted octanol–water partition coefficient (Wildman–Crippen LogP) is 3.99. The average Bonchev–Trinajstić information content (AvgIpc) is 2.30. The van der Waals surface area contributed by atoms with Crippen molar-refractivity contribution >= 4 is 5.91 Å². The zero-order chi connectivity index (χ0) is 12.4. The summed E-state index contributed by atoms with van der Waals surface area (Å²) in [7, 11) is 0. The van der Waals surface area contributed by atoms with Crippen molar-refractivity contribution in [1.82, 2.24) is 4.90 Å². The van der Waals surface area contributed by atoms with Crippen LogP contribution >= 0.6 is 0 Å². The minimum Gasteiger partial charge on any atom is -0.340 e. The van der Waals surface area contributed by atoms with Gasteiger partial charge < -0.3 is 4.90 Å². The summed E-state index contributed by atoms with van der Waals surface area (Å²) in [6.45, 7) is 9.61. The molecule has 0 heterocycles. The molecule has 0 bridgehead atoms. The molecule has 0 aromatic heterocycles. The molecule has 1 unspecified atom stereocenters. The quantitative estimate of drug-likeness (QED) is 0.545. The molecular formula is C14H29NO. The Balaban J connectivity index is 4.12. The zero-order valence-electron chi connectivity index (χ0n) is 11.6. The molecule has 0 saturated carbocycles. The van der Waals surface area contributed by atoms with Gasteiger partial charge in [0.25, 0.3) is 0 Å². The van der Waals surface area contributed by atoms with Crippen LogP contribution in [0.15, 0.2) is 0 Å². The third-order valence-corrected chi connectivity index (χ3v) is 3.19. The lowest BCUT2D eigenvalue weighted by Gasteiger charge is -2.28. The van der Waals surface area contributed by atoms with Crippen molar-refractivity contribution in [3.05, 3.63) is 0 Å². The molecule has 0 aromatic rings. The van der Waals surface area contributed by atoms with E-state index in [4.69, 9.17) is 0 Å². The predicted molar refractivity (Wildman–Crippen MR) is 70.5 cm³/mol. The minimum absolute atomic E-state index is 0.354. The Bertz CT molecular complexity index is 180. The van der Waals surface area contributed by atoms with Crippen LogP contribution in [0.3, 0.4) is 0 Å². The van der Waals surface area contributed by atoms with E-state index in [0.717, 1.165) is 38.6 Å². The van der Waals surface area contributed by atoms with Gasteiger partial charge in [-0.1, -0.05) is 40.0 Å². The van der Waals surface area contributed by atoms with Gasteiger partial charge in [-0.15, -0.1) is 0 Å². The van der Waals surface area contributed by atoms with Crippen molar-refractivity contribution in [2.24, 2.45) is 0 Å². The zero-order valence-corrected chi connectivity index (χ0v) is 11.6. The van der Waals surface area contributed by atoms with E-state index in [1.54, 1.807) is 0 Å². The number of amides is 1. The van der Waals surface area contributed by atoms with E-state index in [-0.39, 0.29) is 0 Å². The lowest BCUT2D eigenvalue weighted by Crippen LogP contribution is -2.38. The first-order valence-corrected chi connectivity index (χ1v) is 6.96. The number of unbranched alkanes of at least 4 members (excludes halogenated alkanes) is 3. The SMILES string of the molecule is CCCCCN(C(=O)CCCC)C(C)CC. The van der Waals surface area contributed by atoms with E-state index in [1.165, 1.54) is 12.8 Å². The summed E-state index contributed by atoms with van der Waals surface area (Å²) < 4.78 is 0. The fourth-order valence-corrected chi connectivity index (χ4v) is 1.82. The normalized spacial score (nSPS) is 12.5. The fraction of sp³-hybridized carbons (Fsp3) is 0.929. The van der Waals surface area contributed by atoms with Crippen LogP contribution in [0, 0.1) is 0 Å². The van der Waals surface area contributed by atoms with Crippen LogP contribution in [0.4, 0.5) is 0 Å². The van der Waals surface area contributed by atoms with E-state index >= 15 is 0 Å². The fourth-order valence-electron chi connectivity index (χ4n) is 1.82. The second kappa shape index (κ2) is 9.68. The van der Waals surface area contributed by atoms with Gasteiger partial charge in [0.2, 0.25) is 5.91 Å². The first-order chi connectivity index (χ1) is 7.67. The molecule has 0 aromatic carbocycles. The van der Waals surface area contributed by atoms with Gasteiger partial charge in [-0.25, -0.2) is 0 Å². The van der Waals surface area contributed by atoms with Crippen molar-refractivity contribution in [2.75, 3.05) is 6.54 Å². The van der Waals surface area contributed by atoms with Crippen LogP contribution in [0.25, 0.3) is 0 Å². The van der Waals surface area contributed by atoms with Crippen molar-refractivity contribution in [2.45, 2.75) is 78.7 Å². The van der Waals surface area contributed by atoms with Gasteiger partial charge in [0, 0.05) is 19.0 Å². The Morgan fingerprint density at radius 1 is 1.06 bits per heavy atom. The molecule has 0 radical (unpaired) electrons. The van der Waals surface area contributed by atoms with Gasteiger partial charge in [0.05, 0.1) is 0 Å². The molecule has 1 atom stereocenters. The largest absolute Gasteiger partial charge is 0.340 e. The second-order valence-electron chi connectivity index (χ2n) is 4.66. The van der Waals surface area contributed by atoms with Crippen LogP contribution in [-0.4, -0.2) is 23.4 Å². The highest BCUT2D eigenvalue weighted by atomic mass is 16.2. The Hall–Kier alpha value is -0.530. The van der Waals surface area contributed by atoms with Gasteiger partial charge in [0.15, 0.2) is 0 Å². The standard InChI is InChI=1S/C14H29NO/c1-5-8-10-12-15(13(4)7-3)14(16)11-9-6-2/h13H,5-12H2,1-4H3. The summed E-state index contributed by atoms with van der Waals surface area (Å²) in [5.41, 5.74) is 0. The first-order valence-electron chi connectivity index (χ1n) is 6.96. The molecule has 96 valence electrons.